The first-order valence-electron chi connectivity index (χ1n) is 7.51. The third-order valence-electron chi connectivity index (χ3n) is 3.31. The van der Waals surface area contributed by atoms with Crippen molar-refractivity contribution in [2.75, 3.05) is 11.9 Å². The Kier molecular flexibility index (Phi) is 5.47. The molecule has 1 aromatic carbocycles. The summed E-state index contributed by atoms with van der Waals surface area (Å²) in [4.78, 5) is 11.9. The minimum absolute atomic E-state index is 0.185. The first-order chi connectivity index (χ1) is 10.6. The lowest BCUT2D eigenvalue weighted by molar-refractivity contribution is 0.0946. The smallest absolute Gasteiger partial charge is 0.271 e. The lowest BCUT2D eigenvalue weighted by atomic mass is 10.1. The fraction of sp³-hybridized carbons (Fsp3) is 0.353. The third kappa shape index (κ3) is 4.55. The van der Waals surface area contributed by atoms with E-state index in [-0.39, 0.29) is 5.91 Å². The molecule has 1 amide bonds. The zero-order chi connectivity index (χ0) is 15.9. The second kappa shape index (κ2) is 7.54. The number of rotatable bonds is 6. The second-order valence-corrected chi connectivity index (χ2v) is 5.68. The molecule has 0 unspecified atom stereocenters. The van der Waals surface area contributed by atoms with E-state index in [1.165, 1.54) is 0 Å². The quantitative estimate of drug-likeness (QED) is 0.858. The highest BCUT2D eigenvalue weighted by atomic mass is 16.1. The molecule has 2 rings (SSSR count). The molecule has 0 spiro atoms. The number of nitrogens with one attached hydrogen (secondary N) is 2. The van der Waals surface area contributed by atoms with Crippen molar-refractivity contribution in [1.29, 1.82) is 0 Å². The van der Waals surface area contributed by atoms with Crippen LogP contribution in [0, 0.1) is 12.8 Å². The molecule has 5 nitrogen and oxygen atoms in total. The third-order valence-corrected chi connectivity index (χ3v) is 3.31. The van der Waals surface area contributed by atoms with E-state index in [1.54, 1.807) is 12.1 Å². The van der Waals surface area contributed by atoms with E-state index < -0.39 is 0 Å². The van der Waals surface area contributed by atoms with E-state index >= 15 is 0 Å². The standard InChI is InChI=1S/C17H22N4O/c1-12(2)10-11-18-17(22)15-8-9-16(21-20-15)19-14-7-5-4-6-13(14)3/h4-9,12H,10-11H2,1-3H3,(H,18,22)(H,19,21). The van der Waals surface area contributed by atoms with Crippen molar-refractivity contribution in [3.05, 3.63) is 47.7 Å². The van der Waals surface area contributed by atoms with Gasteiger partial charge in [-0.05, 0) is 43.0 Å². The average molecular weight is 298 g/mol. The van der Waals surface area contributed by atoms with Gasteiger partial charge in [0.05, 0.1) is 0 Å². The Hall–Kier alpha value is -2.43. The summed E-state index contributed by atoms with van der Waals surface area (Å²) in [7, 11) is 0. The van der Waals surface area contributed by atoms with Crippen LogP contribution in [0.2, 0.25) is 0 Å². The second-order valence-electron chi connectivity index (χ2n) is 5.68. The molecule has 1 heterocycles. The van der Waals surface area contributed by atoms with Crippen molar-refractivity contribution in [2.45, 2.75) is 27.2 Å². The number of anilines is 2. The van der Waals surface area contributed by atoms with Crippen LogP contribution in [0.3, 0.4) is 0 Å². The molecule has 22 heavy (non-hydrogen) atoms. The van der Waals surface area contributed by atoms with Crippen molar-refractivity contribution in [1.82, 2.24) is 15.5 Å². The van der Waals surface area contributed by atoms with Gasteiger partial charge in [0.25, 0.3) is 5.91 Å². The number of benzene rings is 1. The monoisotopic (exact) mass is 298 g/mol. The van der Waals surface area contributed by atoms with Crippen molar-refractivity contribution in [3.8, 4) is 0 Å². The number of hydrogen-bond donors (Lipinski definition) is 2. The van der Waals surface area contributed by atoms with Gasteiger partial charge < -0.3 is 10.6 Å². The number of nitrogens with zero attached hydrogens (tertiary/aromatic N) is 2. The van der Waals surface area contributed by atoms with Crippen LogP contribution in [0.25, 0.3) is 0 Å². The van der Waals surface area contributed by atoms with Crippen LogP contribution in [-0.2, 0) is 0 Å². The predicted octanol–water partition coefficient (Wildman–Crippen LogP) is 3.30. The average Bonchev–Trinajstić information content (AvgIpc) is 2.50. The number of aryl methyl sites for hydroxylation is 1. The molecule has 116 valence electrons. The minimum Gasteiger partial charge on any atom is -0.351 e. The lowest BCUT2D eigenvalue weighted by Gasteiger charge is -2.09. The molecule has 0 aliphatic heterocycles. The van der Waals surface area contributed by atoms with E-state index in [2.05, 4.69) is 34.7 Å². The Bertz CT molecular complexity index is 623. The first kappa shape index (κ1) is 15.9. The van der Waals surface area contributed by atoms with E-state index in [0.29, 0.717) is 24.0 Å². The fourth-order valence-corrected chi connectivity index (χ4v) is 1.94. The van der Waals surface area contributed by atoms with Gasteiger partial charge in [0, 0.05) is 12.2 Å². The molecule has 2 N–H and O–H groups in total. The maximum absolute atomic E-state index is 11.9. The SMILES string of the molecule is Cc1ccccc1Nc1ccc(C(=O)NCCC(C)C)nn1. The molecule has 2 aromatic rings. The summed E-state index contributed by atoms with van der Waals surface area (Å²) >= 11 is 0. The molecule has 0 bridgehead atoms. The highest BCUT2D eigenvalue weighted by Gasteiger charge is 2.08. The van der Waals surface area contributed by atoms with Gasteiger partial charge in [-0.3, -0.25) is 4.79 Å². The molecule has 0 fully saturated rings. The number of hydrogen-bond acceptors (Lipinski definition) is 4. The van der Waals surface area contributed by atoms with Gasteiger partial charge in [0.2, 0.25) is 0 Å². The highest BCUT2D eigenvalue weighted by molar-refractivity contribution is 5.92. The Morgan fingerprint density at radius 2 is 1.91 bits per heavy atom. The summed E-state index contributed by atoms with van der Waals surface area (Å²) in [5.41, 5.74) is 2.44. The molecular weight excluding hydrogens is 276 g/mol. The summed E-state index contributed by atoms with van der Waals surface area (Å²) in [5, 5.41) is 14.1. The molecular formula is C17H22N4O. The van der Waals surface area contributed by atoms with Crippen molar-refractivity contribution < 1.29 is 4.79 Å². The van der Waals surface area contributed by atoms with Gasteiger partial charge >= 0.3 is 0 Å². The van der Waals surface area contributed by atoms with Gasteiger partial charge in [-0.25, -0.2) is 0 Å². The Labute approximate surface area is 131 Å². The van der Waals surface area contributed by atoms with Gasteiger partial charge in [-0.2, -0.15) is 0 Å². The maximum Gasteiger partial charge on any atom is 0.271 e. The summed E-state index contributed by atoms with van der Waals surface area (Å²) in [6.07, 6.45) is 0.950. The Morgan fingerprint density at radius 1 is 1.14 bits per heavy atom. The van der Waals surface area contributed by atoms with E-state index in [4.69, 9.17) is 0 Å². The molecule has 0 radical (unpaired) electrons. The van der Waals surface area contributed by atoms with Crippen molar-refractivity contribution in [2.24, 2.45) is 5.92 Å². The number of carbonyl (C=O) groups excluding carboxylic acids is 1. The number of carbonyl (C=O) groups is 1. The molecule has 0 aliphatic rings. The summed E-state index contributed by atoms with van der Waals surface area (Å²) in [6, 6.07) is 11.4. The molecule has 1 aromatic heterocycles. The van der Waals surface area contributed by atoms with Crippen LogP contribution in [0.1, 0.15) is 36.3 Å². The van der Waals surface area contributed by atoms with Gasteiger partial charge in [0.1, 0.15) is 0 Å². The van der Waals surface area contributed by atoms with Gasteiger partial charge in [0.15, 0.2) is 11.5 Å². The summed E-state index contributed by atoms with van der Waals surface area (Å²) < 4.78 is 0. The zero-order valence-electron chi connectivity index (χ0n) is 13.3. The number of aromatic nitrogens is 2. The Morgan fingerprint density at radius 3 is 2.55 bits per heavy atom. The van der Waals surface area contributed by atoms with Gasteiger partial charge in [-0.15, -0.1) is 10.2 Å². The first-order valence-corrected chi connectivity index (χ1v) is 7.51. The largest absolute Gasteiger partial charge is 0.351 e. The summed E-state index contributed by atoms with van der Waals surface area (Å²) in [5.74, 6) is 0.996. The number of amides is 1. The van der Waals surface area contributed by atoms with E-state index in [0.717, 1.165) is 17.7 Å². The van der Waals surface area contributed by atoms with Crippen LogP contribution >= 0.6 is 0 Å². The molecule has 0 aliphatic carbocycles. The Balaban J connectivity index is 1.95. The van der Waals surface area contributed by atoms with Gasteiger partial charge in [-0.1, -0.05) is 32.0 Å². The van der Waals surface area contributed by atoms with Crippen LogP contribution < -0.4 is 10.6 Å². The van der Waals surface area contributed by atoms with Crippen LogP contribution in [0.5, 0.6) is 0 Å². The molecule has 5 heteroatoms. The summed E-state index contributed by atoms with van der Waals surface area (Å²) in [6.45, 7) is 6.92. The van der Waals surface area contributed by atoms with Crippen LogP contribution in [0.15, 0.2) is 36.4 Å². The topological polar surface area (TPSA) is 66.9 Å². The lowest BCUT2D eigenvalue weighted by Crippen LogP contribution is -2.26. The van der Waals surface area contributed by atoms with Crippen molar-refractivity contribution >= 4 is 17.4 Å². The molecule has 0 atom stereocenters. The minimum atomic E-state index is -0.185. The maximum atomic E-state index is 11.9. The fourth-order valence-electron chi connectivity index (χ4n) is 1.94. The normalized spacial score (nSPS) is 10.5. The van der Waals surface area contributed by atoms with Crippen LogP contribution in [-0.4, -0.2) is 22.6 Å². The van der Waals surface area contributed by atoms with Crippen LogP contribution in [0.4, 0.5) is 11.5 Å². The van der Waals surface area contributed by atoms with Crippen molar-refractivity contribution in [3.63, 3.8) is 0 Å². The molecule has 0 saturated heterocycles. The zero-order valence-corrected chi connectivity index (χ0v) is 13.3. The van der Waals surface area contributed by atoms with E-state index in [9.17, 15) is 4.79 Å². The number of para-hydroxylation sites is 1. The molecule has 0 saturated carbocycles. The highest BCUT2D eigenvalue weighted by Crippen LogP contribution is 2.17. The predicted molar refractivity (Wildman–Crippen MR) is 88.3 cm³/mol. The van der Waals surface area contributed by atoms with E-state index in [1.807, 2.05) is 31.2 Å².